The first-order valence-electron chi connectivity index (χ1n) is 9.37. The topological polar surface area (TPSA) is 82.1 Å². The predicted octanol–water partition coefficient (Wildman–Crippen LogP) is 1.32. The van der Waals surface area contributed by atoms with Crippen molar-refractivity contribution in [2.45, 2.75) is 50.9 Å². The van der Waals surface area contributed by atoms with Gasteiger partial charge in [-0.15, -0.1) is 0 Å². The Bertz CT molecular complexity index is 745. The van der Waals surface area contributed by atoms with Crippen LogP contribution in [0.2, 0.25) is 0 Å². The van der Waals surface area contributed by atoms with Gasteiger partial charge < -0.3 is 19.3 Å². The Kier molecular flexibility index (Phi) is 2.43. The lowest BCUT2D eigenvalue weighted by Crippen LogP contribution is -2.72. The van der Waals surface area contributed by atoms with E-state index >= 15 is 0 Å². The van der Waals surface area contributed by atoms with Crippen molar-refractivity contribution in [1.82, 2.24) is 0 Å². The van der Waals surface area contributed by atoms with E-state index in [9.17, 15) is 14.7 Å². The number of aliphatic hydroxyl groups is 1. The number of esters is 1. The van der Waals surface area contributed by atoms with Crippen molar-refractivity contribution in [3.8, 4) is 0 Å². The van der Waals surface area contributed by atoms with Gasteiger partial charge in [0.15, 0.2) is 18.2 Å². The van der Waals surface area contributed by atoms with Gasteiger partial charge in [-0.1, -0.05) is 0 Å². The van der Waals surface area contributed by atoms with Crippen LogP contribution in [0, 0.1) is 28.6 Å². The third kappa shape index (κ3) is 1.37. The molecule has 3 saturated heterocycles. The molecule has 0 aromatic rings. The highest BCUT2D eigenvalue weighted by molar-refractivity contribution is 5.99. The van der Waals surface area contributed by atoms with Gasteiger partial charge in [0.1, 0.15) is 17.3 Å². The molecule has 134 valence electrons. The molecule has 5 fully saturated rings. The van der Waals surface area contributed by atoms with E-state index in [4.69, 9.17) is 14.2 Å². The maximum Gasteiger partial charge on any atom is 0.318 e. The second-order valence-corrected chi connectivity index (χ2v) is 8.97. The van der Waals surface area contributed by atoms with E-state index in [1.807, 2.05) is 6.92 Å². The molecule has 4 heterocycles. The molecule has 7 aliphatic rings. The fourth-order valence-electron chi connectivity index (χ4n) is 7.28. The average molecular weight is 346 g/mol. The minimum Gasteiger partial charge on any atom is -0.489 e. The maximum atomic E-state index is 12.8. The van der Waals surface area contributed by atoms with Crippen LogP contribution in [-0.2, 0) is 23.8 Å². The van der Waals surface area contributed by atoms with Gasteiger partial charge in [0, 0.05) is 29.2 Å². The lowest BCUT2D eigenvalue weighted by molar-refractivity contribution is -0.376. The molecule has 0 radical (unpaired) electrons. The Morgan fingerprint density at radius 3 is 2.84 bits per heavy atom. The molecule has 1 spiro atoms. The minimum absolute atomic E-state index is 0.0134. The van der Waals surface area contributed by atoms with E-state index in [0.717, 1.165) is 30.6 Å². The van der Waals surface area contributed by atoms with E-state index in [1.165, 1.54) is 0 Å². The molecule has 7 rings (SSSR count). The molecule has 6 heteroatoms. The van der Waals surface area contributed by atoms with Crippen LogP contribution in [0.1, 0.15) is 39.0 Å². The highest BCUT2D eigenvalue weighted by Crippen LogP contribution is 2.73. The molecular weight excluding hydrogens is 324 g/mol. The number of Topliss-reactive ketones (excluding diaryl/α,β-unsaturated/α-hetero) is 1. The van der Waals surface area contributed by atoms with Crippen molar-refractivity contribution in [3.63, 3.8) is 0 Å². The summed E-state index contributed by atoms with van der Waals surface area (Å²) in [6.07, 6.45) is 3.46. The average Bonchev–Trinajstić information content (AvgIpc) is 3.10. The van der Waals surface area contributed by atoms with E-state index < -0.39 is 11.2 Å². The number of fused-ring (bicyclic) bond motifs is 4. The van der Waals surface area contributed by atoms with Crippen molar-refractivity contribution in [2.24, 2.45) is 28.6 Å². The summed E-state index contributed by atoms with van der Waals surface area (Å²) >= 11 is 0. The number of hydrogen-bond donors (Lipinski definition) is 1. The van der Waals surface area contributed by atoms with Crippen LogP contribution in [-0.4, -0.2) is 42.0 Å². The van der Waals surface area contributed by atoms with Gasteiger partial charge in [0.2, 0.25) is 0 Å². The lowest BCUT2D eigenvalue weighted by Gasteiger charge is -2.66. The van der Waals surface area contributed by atoms with Crippen LogP contribution in [0.15, 0.2) is 11.3 Å². The van der Waals surface area contributed by atoms with Crippen molar-refractivity contribution < 1.29 is 28.9 Å². The van der Waals surface area contributed by atoms with Gasteiger partial charge >= 0.3 is 5.97 Å². The van der Waals surface area contributed by atoms with E-state index in [-0.39, 0.29) is 41.7 Å². The quantitative estimate of drug-likeness (QED) is 0.666. The fourth-order valence-corrected chi connectivity index (χ4v) is 7.28. The first-order valence-corrected chi connectivity index (χ1v) is 9.37. The van der Waals surface area contributed by atoms with Gasteiger partial charge in [-0.05, 0) is 38.5 Å². The number of rotatable bonds is 0. The van der Waals surface area contributed by atoms with Gasteiger partial charge in [0.05, 0.1) is 6.61 Å². The second kappa shape index (κ2) is 4.12. The number of allylic oxidation sites excluding steroid dienone is 1. The monoisotopic (exact) mass is 346 g/mol. The van der Waals surface area contributed by atoms with Crippen LogP contribution in [0.3, 0.4) is 0 Å². The second-order valence-electron chi connectivity index (χ2n) is 8.97. The van der Waals surface area contributed by atoms with E-state index in [0.29, 0.717) is 25.4 Å². The van der Waals surface area contributed by atoms with Crippen LogP contribution in [0.4, 0.5) is 0 Å². The van der Waals surface area contributed by atoms with E-state index in [2.05, 4.69) is 0 Å². The Labute approximate surface area is 145 Å². The highest BCUT2D eigenvalue weighted by Gasteiger charge is 2.79. The molecule has 3 aliphatic carbocycles. The summed E-state index contributed by atoms with van der Waals surface area (Å²) in [5.41, 5.74) is -0.306. The summed E-state index contributed by atoms with van der Waals surface area (Å²) in [7, 11) is 0. The molecular formula is C19H22O6. The van der Waals surface area contributed by atoms with Crippen molar-refractivity contribution in [1.29, 1.82) is 0 Å². The molecule has 0 aromatic carbocycles. The number of ether oxygens (including phenoxy) is 3. The minimum atomic E-state index is -1.41. The fraction of sp³-hybridized carbons (Fsp3) is 0.789. The summed E-state index contributed by atoms with van der Waals surface area (Å²) in [6, 6.07) is 0. The first-order chi connectivity index (χ1) is 11.9. The summed E-state index contributed by atoms with van der Waals surface area (Å²) in [5.74, 6) is -0.344. The van der Waals surface area contributed by atoms with Crippen LogP contribution >= 0.6 is 0 Å². The largest absolute Gasteiger partial charge is 0.489 e. The Morgan fingerprint density at radius 2 is 2.08 bits per heavy atom. The summed E-state index contributed by atoms with van der Waals surface area (Å²) in [5, 5.41) is 11.0. The van der Waals surface area contributed by atoms with Gasteiger partial charge in [-0.3, -0.25) is 9.59 Å². The first kappa shape index (κ1) is 14.7. The van der Waals surface area contributed by atoms with Crippen LogP contribution in [0.25, 0.3) is 0 Å². The van der Waals surface area contributed by atoms with Gasteiger partial charge in [-0.2, -0.15) is 0 Å². The SMILES string of the molecule is C[C@]12C(=O)O[C@@H]3C[C@H]4C5=C(CC[C@H]4[C@@]4(CC[C@]1(O)OC4)[C@@H]32)C(=O)CO5. The maximum absolute atomic E-state index is 12.8. The van der Waals surface area contributed by atoms with E-state index in [1.54, 1.807) is 0 Å². The zero-order valence-corrected chi connectivity index (χ0v) is 14.2. The predicted molar refractivity (Wildman–Crippen MR) is 82.9 cm³/mol. The smallest absolute Gasteiger partial charge is 0.318 e. The molecule has 0 unspecified atom stereocenters. The molecule has 4 aliphatic heterocycles. The number of ketones is 1. The van der Waals surface area contributed by atoms with Crippen LogP contribution < -0.4 is 0 Å². The third-order valence-corrected chi connectivity index (χ3v) is 8.36. The van der Waals surface area contributed by atoms with Crippen molar-refractivity contribution in [3.05, 3.63) is 11.3 Å². The molecule has 25 heavy (non-hydrogen) atoms. The molecule has 2 bridgehead atoms. The highest BCUT2D eigenvalue weighted by atomic mass is 16.6. The zero-order chi connectivity index (χ0) is 17.2. The molecule has 6 nitrogen and oxygen atoms in total. The number of carbonyl (C=O) groups is 2. The zero-order valence-electron chi connectivity index (χ0n) is 14.2. The molecule has 7 atom stereocenters. The summed E-state index contributed by atoms with van der Waals surface area (Å²) in [4.78, 5) is 24.9. The van der Waals surface area contributed by atoms with Gasteiger partial charge in [-0.25, -0.2) is 0 Å². The Hall–Kier alpha value is -1.40. The lowest BCUT2D eigenvalue weighted by atomic mass is 9.41. The van der Waals surface area contributed by atoms with Crippen molar-refractivity contribution >= 4 is 11.8 Å². The molecule has 1 N–H and O–H groups in total. The molecule has 0 amide bonds. The molecule has 2 saturated carbocycles. The van der Waals surface area contributed by atoms with Crippen molar-refractivity contribution in [2.75, 3.05) is 13.2 Å². The summed E-state index contributed by atoms with van der Waals surface area (Å²) < 4.78 is 17.5. The number of carbonyl (C=O) groups excluding carboxylic acids is 2. The third-order valence-electron chi connectivity index (χ3n) is 8.36. The standard InChI is InChI=1S/C19H22O6/c1-17-15-13(25-16(17)21)6-10-11(3-2-9-12(20)7-23-14(9)10)18(15)4-5-19(17,22)24-8-18/h10-11,13,15,22H,2-8H2,1H3/t10-,11-,13-,15+,17+,18+,19+/m1/s1. The Balaban J connectivity index is 1.52. The number of hydrogen-bond acceptors (Lipinski definition) is 6. The van der Waals surface area contributed by atoms with Gasteiger partial charge in [0.25, 0.3) is 0 Å². The summed E-state index contributed by atoms with van der Waals surface area (Å²) in [6.45, 7) is 2.45. The normalized spacial score (nSPS) is 55.4. The van der Waals surface area contributed by atoms with Crippen LogP contribution in [0.5, 0.6) is 0 Å². The molecule has 0 aromatic heterocycles. The Morgan fingerprint density at radius 1 is 1.24 bits per heavy atom.